The number of benzene rings is 2. The third kappa shape index (κ3) is 4.69. The first-order valence-corrected chi connectivity index (χ1v) is 12.2. The van der Waals surface area contributed by atoms with E-state index in [1.807, 2.05) is 12.1 Å². The summed E-state index contributed by atoms with van der Waals surface area (Å²) < 4.78 is 1.09. The number of likely N-dealkylation sites (tertiary alicyclic amines) is 1. The lowest BCUT2D eigenvalue weighted by Crippen LogP contribution is -2.32. The van der Waals surface area contributed by atoms with E-state index in [0.29, 0.717) is 17.1 Å². The van der Waals surface area contributed by atoms with Gasteiger partial charge in [-0.05, 0) is 86.1 Å². The number of amides is 2. The molecule has 0 unspecified atom stereocenters. The lowest BCUT2D eigenvalue weighted by atomic mass is 9.99. The van der Waals surface area contributed by atoms with E-state index in [0.717, 1.165) is 59.9 Å². The maximum Gasteiger partial charge on any atom is 0.257 e. The second-order valence-corrected chi connectivity index (χ2v) is 10.0. The molecule has 7 heteroatoms. The van der Waals surface area contributed by atoms with E-state index in [2.05, 4.69) is 45.6 Å². The first-order chi connectivity index (χ1) is 15.5. The minimum atomic E-state index is -0.176. The summed E-state index contributed by atoms with van der Waals surface area (Å²) in [6, 6.07) is 11.8. The van der Waals surface area contributed by atoms with Crippen molar-refractivity contribution in [2.75, 3.05) is 23.7 Å². The van der Waals surface area contributed by atoms with Crippen molar-refractivity contribution in [1.29, 1.82) is 0 Å². The van der Waals surface area contributed by atoms with Crippen LogP contribution in [-0.2, 0) is 17.8 Å². The molecule has 3 aromatic rings. The van der Waals surface area contributed by atoms with Crippen molar-refractivity contribution in [3.8, 4) is 0 Å². The molecule has 0 bridgehead atoms. The summed E-state index contributed by atoms with van der Waals surface area (Å²) in [6.07, 6.45) is 4.64. The smallest absolute Gasteiger partial charge is 0.257 e. The molecule has 1 fully saturated rings. The molecule has 3 heterocycles. The quantitative estimate of drug-likeness (QED) is 0.585. The second-order valence-electron chi connectivity index (χ2n) is 9.01. The van der Waals surface area contributed by atoms with Crippen LogP contribution in [0.3, 0.4) is 0 Å². The van der Waals surface area contributed by atoms with Gasteiger partial charge < -0.3 is 5.32 Å². The van der Waals surface area contributed by atoms with E-state index in [-0.39, 0.29) is 11.8 Å². The maximum absolute atomic E-state index is 12.8. The fraction of sp³-hybridized carbons (Fsp3) is 0.400. The number of nitrogens with one attached hydrogen (secondary N) is 2. The van der Waals surface area contributed by atoms with E-state index >= 15 is 0 Å². The molecule has 0 radical (unpaired) electrons. The molecule has 2 aromatic carbocycles. The van der Waals surface area contributed by atoms with Crippen LogP contribution in [0.15, 0.2) is 36.4 Å². The number of hydrogen-bond donors (Lipinski definition) is 2. The van der Waals surface area contributed by atoms with Crippen molar-refractivity contribution in [2.45, 2.75) is 45.6 Å². The Balaban J connectivity index is 1.28. The topological polar surface area (TPSA) is 74.3 Å². The molecule has 32 heavy (non-hydrogen) atoms. The number of rotatable bonds is 4. The van der Waals surface area contributed by atoms with Gasteiger partial charge in [-0.2, -0.15) is 0 Å². The molecule has 2 N–H and O–H groups in total. The third-order valence-corrected chi connectivity index (χ3v) is 7.38. The highest BCUT2D eigenvalue weighted by molar-refractivity contribution is 7.22. The molecule has 1 aromatic heterocycles. The number of aromatic nitrogens is 1. The predicted octanol–water partition coefficient (Wildman–Crippen LogP) is 5.06. The van der Waals surface area contributed by atoms with Crippen LogP contribution < -0.4 is 10.6 Å². The number of carbonyl (C=O) groups is 2. The van der Waals surface area contributed by atoms with E-state index in [1.165, 1.54) is 29.7 Å². The first-order valence-electron chi connectivity index (χ1n) is 11.4. The van der Waals surface area contributed by atoms with Gasteiger partial charge in [-0.25, -0.2) is 4.98 Å². The van der Waals surface area contributed by atoms with Gasteiger partial charge in [0, 0.05) is 24.2 Å². The lowest BCUT2D eigenvalue weighted by Gasteiger charge is -2.30. The van der Waals surface area contributed by atoms with Gasteiger partial charge in [0.2, 0.25) is 5.91 Å². The van der Waals surface area contributed by atoms with Gasteiger partial charge in [-0.1, -0.05) is 24.3 Å². The summed E-state index contributed by atoms with van der Waals surface area (Å²) in [4.78, 5) is 31.7. The van der Waals surface area contributed by atoms with Crippen LogP contribution in [0.4, 0.5) is 10.8 Å². The van der Waals surface area contributed by atoms with Gasteiger partial charge in [0.15, 0.2) is 5.13 Å². The number of nitrogens with zero attached hydrogens (tertiary/aromatic N) is 2. The zero-order chi connectivity index (χ0) is 22.1. The van der Waals surface area contributed by atoms with E-state index in [4.69, 9.17) is 0 Å². The summed E-state index contributed by atoms with van der Waals surface area (Å²) in [5.74, 6) is 0.689. The van der Waals surface area contributed by atoms with Crippen molar-refractivity contribution in [2.24, 2.45) is 5.92 Å². The Labute approximate surface area is 192 Å². The van der Waals surface area contributed by atoms with Gasteiger partial charge >= 0.3 is 0 Å². The van der Waals surface area contributed by atoms with Crippen molar-refractivity contribution in [1.82, 2.24) is 9.88 Å². The summed E-state index contributed by atoms with van der Waals surface area (Å²) in [6.45, 7) is 5.62. The van der Waals surface area contributed by atoms with Gasteiger partial charge in [0.1, 0.15) is 0 Å². The Morgan fingerprint density at radius 2 is 2.03 bits per heavy atom. The summed E-state index contributed by atoms with van der Waals surface area (Å²) >= 11 is 1.51. The van der Waals surface area contributed by atoms with E-state index in [9.17, 15) is 9.59 Å². The number of carbonyl (C=O) groups excluding carboxylic acids is 2. The summed E-state index contributed by atoms with van der Waals surface area (Å²) in [5, 5.41) is 6.47. The van der Waals surface area contributed by atoms with Gasteiger partial charge in [0.25, 0.3) is 5.91 Å². The van der Waals surface area contributed by atoms with Crippen LogP contribution in [0.5, 0.6) is 0 Å². The molecular formula is C25H28N4O2S. The summed E-state index contributed by atoms with van der Waals surface area (Å²) in [5.41, 5.74) is 4.59. The second kappa shape index (κ2) is 9.00. The van der Waals surface area contributed by atoms with Crippen LogP contribution in [0.1, 0.15) is 54.1 Å². The van der Waals surface area contributed by atoms with Gasteiger partial charge in [0.05, 0.1) is 10.2 Å². The number of aryl methyl sites for hydroxylation is 1. The van der Waals surface area contributed by atoms with Crippen LogP contribution in [0, 0.1) is 5.92 Å². The van der Waals surface area contributed by atoms with E-state index in [1.54, 1.807) is 6.07 Å². The molecular weight excluding hydrogens is 420 g/mol. The average Bonchev–Trinajstić information content (AvgIpc) is 3.07. The minimum absolute atomic E-state index is 0.0321. The lowest BCUT2D eigenvalue weighted by molar-refractivity contribution is -0.116. The molecule has 2 aliphatic heterocycles. The number of thiazole rings is 1. The van der Waals surface area contributed by atoms with Crippen molar-refractivity contribution in [3.05, 3.63) is 53.1 Å². The van der Waals surface area contributed by atoms with Crippen LogP contribution in [0.2, 0.25) is 0 Å². The fourth-order valence-electron chi connectivity index (χ4n) is 4.48. The molecule has 0 saturated carbocycles. The molecule has 166 valence electrons. The Hall–Kier alpha value is -2.77. The molecule has 2 amide bonds. The standard InChI is InChI=1S/C25H28N4O2S/c1-16-9-11-29(12-10-16)15-17-5-7-21-22(13-17)32-25(27-21)28-24(31)19-6-8-20-18(14-19)3-2-4-23(30)26-20/h5-8,13-14,16H,2-4,9-12,15H2,1H3,(H,26,30)(H,27,28,31). The zero-order valence-electron chi connectivity index (χ0n) is 18.3. The van der Waals surface area contributed by atoms with Crippen LogP contribution in [0.25, 0.3) is 10.2 Å². The van der Waals surface area contributed by atoms with Crippen LogP contribution >= 0.6 is 11.3 Å². The highest BCUT2D eigenvalue weighted by atomic mass is 32.1. The molecule has 0 aliphatic carbocycles. The van der Waals surface area contributed by atoms with Crippen molar-refractivity contribution in [3.63, 3.8) is 0 Å². The Morgan fingerprint density at radius 3 is 2.88 bits per heavy atom. The number of piperidine rings is 1. The van der Waals surface area contributed by atoms with E-state index < -0.39 is 0 Å². The Morgan fingerprint density at radius 1 is 1.19 bits per heavy atom. The highest BCUT2D eigenvalue weighted by Gasteiger charge is 2.18. The summed E-state index contributed by atoms with van der Waals surface area (Å²) in [7, 11) is 0. The SMILES string of the molecule is CC1CCN(Cc2ccc3nc(NC(=O)c4ccc5c(c4)CCCC(=O)N5)sc3c2)CC1. The average molecular weight is 449 g/mol. The third-order valence-electron chi connectivity index (χ3n) is 6.45. The van der Waals surface area contributed by atoms with Crippen molar-refractivity contribution >= 4 is 44.2 Å². The van der Waals surface area contributed by atoms with Crippen LogP contribution in [-0.4, -0.2) is 34.8 Å². The Kier molecular flexibility index (Phi) is 5.93. The number of anilines is 2. The molecule has 5 rings (SSSR count). The highest BCUT2D eigenvalue weighted by Crippen LogP contribution is 2.29. The minimum Gasteiger partial charge on any atom is -0.326 e. The molecule has 6 nitrogen and oxygen atoms in total. The predicted molar refractivity (Wildman–Crippen MR) is 129 cm³/mol. The largest absolute Gasteiger partial charge is 0.326 e. The number of fused-ring (bicyclic) bond motifs is 2. The number of hydrogen-bond acceptors (Lipinski definition) is 5. The monoisotopic (exact) mass is 448 g/mol. The van der Waals surface area contributed by atoms with Gasteiger partial charge in [-0.15, -0.1) is 0 Å². The fourth-order valence-corrected chi connectivity index (χ4v) is 5.41. The molecule has 1 saturated heterocycles. The van der Waals surface area contributed by atoms with Crippen molar-refractivity contribution < 1.29 is 9.59 Å². The molecule has 0 atom stereocenters. The van der Waals surface area contributed by atoms with Gasteiger partial charge in [-0.3, -0.25) is 19.8 Å². The maximum atomic E-state index is 12.8. The Bertz CT molecular complexity index is 1160. The molecule has 2 aliphatic rings. The molecule has 0 spiro atoms. The zero-order valence-corrected chi connectivity index (χ0v) is 19.1. The normalized spacial score (nSPS) is 17.6. The first kappa shape index (κ1) is 21.1.